The minimum Gasteiger partial charge on any atom is -0.345 e. The SMILES string of the molecule is Cc1nccn1-c1ccc(C(=O)NCc2ccccn2)nn1. The lowest BCUT2D eigenvalue weighted by Gasteiger charge is -2.05. The topological polar surface area (TPSA) is 85.6 Å². The first-order valence-corrected chi connectivity index (χ1v) is 6.76. The van der Waals surface area contributed by atoms with Gasteiger partial charge in [0.2, 0.25) is 0 Å². The first kappa shape index (κ1) is 13.9. The maximum absolute atomic E-state index is 12.0. The Morgan fingerprint density at radius 2 is 2.05 bits per heavy atom. The van der Waals surface area contributed by atoms with Crippen molar-refractivity contribution in [1.29, 1.82) is 0 Å². The van der Waals surface area contributed by atoms with Crippen LogP contribution >= 0.6 is 0 Å². The van der Waals surface area contributed by atoms with Crippen molar-refractivity contribution >= 4 is 5.91 Å². The Labute approximate surface area is 127 Å². The molecule has 0 saturated heterocycles. The molecule has 0 aliphatic carbocycles. The van der Waals surface area contributed by atoms with Gasteiger partial charge in [-0.05, 0) is 31.2 Å². The monoisotopic (exact) mass is 294 g/mol. The highest BCUT2D eigenvalue weighted by Gasteiger charge is 2.09. The van der Waals surface area contributed by atoms with Gasteiger partial charge >= 0.3 is 0 Å². The zero-order valence-corrected chi connectivity index (χ0v) is 12.0. The molecule has 0 aromatic carbocycles. The molecule has 0 aliphatic rings. The van der Waals surface area contributed by atoms with Crippen molar-refractivity contribution in [2.24, 2.45) is 0 Å². The fourth-order valence-electron chi connectivity index (χ4n) is 1.96. The maximum Gasteiger partial charge on any atom is 0.272 e. The quantitative estimate of drug-likeness (QED) is 0.783. The van der Waals surface area contributed by atoms with Gasteiger partial charge in [0.15, 0.2) is 11.5 Å². The molecule has 22 heavy (non-hydrogen) atoms. The van der Waals surface area contributed by atoms with Crippen molar-refractivity contribution in [1.82, 2.24) is 30.0 Å². The second kappa shape index (κ2) is 6.13. The van der Waals surface area contributed by atoms with E-state index in [0.717, 1.165) is 11.5 Å². The van der Waals surface area contributed by atoms with E-state index in [2.05, 4.69) is 25.5 Å². The van der Waals surface area contributed by atoms with Crippen LogP contribution in [0.3, 0.4) is 0 Å². The Kier molecular flexibility index (Phi) is 3.86. The van der Waals surface area contributed by atoms with E-state index in [4.69, 9.17) is 0 Å². The zero-order chi connectivity index (χ0) is 15.4. The molecule has 3 aromatic rings. The van der Waals surface area contributed by atoms with Crippen molar-refractivity contribution in [2.75, 3.05) is 0 Å². The standard InChI is InChI=1S/C15H14N6O/c1-11-16-8-9-21(11)14-6-5-13(19-20-14)15(22)18-10-12-4-2-3-7-17-12/h2-9H,10H2,1H3,(H,18,22). The highest BCUT2D eigenvalue weighted by Crippen LogP contribution is 2.06. The number of hydrogen-bond acceptors (Lipinski definition) is 5. The first-order chi connectivity index (χ1) is 10.7. The largest absolute Gasteiger partial charge is 0.345 e. The average molecular weight is 294 g/mol. The van der Waals surface area contributed by atoms with Gasteiger partial charge in [0, 0.05) is 18.6 Å². The van der Waals surface area contributed by atoms with Crippen LogP contribution in [0, 0.1) is 6.92 Å². The highest BCUT2D eigenvalue weighted by molar-refractivity contribution is 5.92. The Morgan fingerprint density at radius 3 is 2.68 bits per heavy atom. The number of carbonyl (C=O) groups excluding carboxylic acids is 1. The van der Waals surface area contributed by atoms with Crippen LogP contribution in [-0.2, 0) is 6.54 Å². The van der Waals surface area contributed by atoms with Crippen molar-refractivity contribution in [3.63, 3.8) is 0 Å². The lowest BCUT2D eigenvalue weighted by Crippen LogP contribution is -2.24. The van der Waals surface area contributed by atoms with Crippen LogP contribution in [0.15, 0.2) is 48.9 Å². The number of nitrogens with one attached hydrogen (secondary N) is 1. The van der Waals surface area contributed by atoms with Crippen LogP contribution in [0.5, 0.6) is 0 Å². The summed E-state index contributed by atoms with van der Waals surface area (Å²) in [4.78, 5) is 20.3. The van der Waals surface area contributed by atoms with E-state index in [-0.39, 0.29) is 11.6 Å². The third-order valence-corrected chi connectivity index (χ3v) is 3.11. The summed E-state index contributed by atoms with van der Waals surface area (Å²) in [5, 5.41) is 10.8. The first-order valence-electron chi connectivity index (χ1n) is 6.76. The van der Waals surface area contributed by atoms with E-state index in [1.54, 1.807) is 35.3 Å². The molecule has 0 atom stereocenters. The Bertz CT molecular complexity index is 766. The predicted octanol–water partition coefficient (Wildman–Crippen LogP) is 1.30. The smallest absolute Gasteiger partial charge is 0.272 e. The van der Waals surface area contributed by atoms with Gasteiger partial charge in [-0.15, -0.1) is 10.2 Å². The molecule has 0 aliphatic heterocycles. The zero-order valence-electron chi connectivity index (χ0n) is 12.0. The molecule has 3 rings (SSSR count). The van der Waals surface area contributed by atoms with Gasteiger partial charge < -0.3 is 5.32 Å². The summed E-state index contributed by atoms with van der Waals surface area (Å²) in [5.41, 5.74) is 1.05. The van der Waals surface area contributed by atoms with Gasteiger partial charge in [-0.2, -0.15) is 0 Å². The molecule has 3 heterocycles. The Hall–Kier alpha value is -3.09. The molecule has 0 spiro atoms. The van der Waals surface area contributed by atoms with E-state index in [9.17, 15) is 4.79 Å². The molecular formula is C15H14N6O. The van der Waals surface area contributed by atoms with Crippen LogP contribution in [0.2, 0.25) is 0 Å². The normalized spacial score (nSPS) is 10.4. The minimum atomic E-state index is -0.285. The number of pyridine rings is 1. The number of aromatic nitrogens is 5. The summed E-state index contributed by atoms with van der Waals surface area (Å²) in [7, 11) is 0. The van der Waals surface area contributed by atoms with E-state index >= 15 is 0 Å². The van der Waals surface area contributed by atoms with Crippen molar-refractivity contribution in [3.05, 3.63) is 66.1 Å². The molecule has 7 heteroatoms. The molecule has 0 unspecified atom stereocenters. The van der Waals surface area contributed by atoms with Crippen LogP contribution in [0.25, 0.3) is 5.82 Å². The van der Waals surface area contributed by atoms with Gasteiger partial charge in [-0.25, -0.2) is 4.98 Å². The number of rotatable bonds is 4. The Morgan fingerprint density at radius 1 is 1.14 bits per heavy atom. The molecule has 3 aromatic heterocycles. The van der Waals surface area contributed by atoms with Gasteiger partial charge in [-0.1, -0.05) is 6.07 Å². The lowest BCUT2D eigenvalue weighted by atomic mass is 10.3. The maximum atomic E-state index is 12.0. The number of carbonyl (C=O) groups is 1. The van der Waals surface area contributed by atoms with Crippen molar-refractivity contribution < 1.29 is 4.79 Å². The molecule has 7 nitrogen and oxygen atoms in total. The van der Waals surface area contributed by atoms with Crippen LogP contribution in [0.1, 0.15) is 22.0 Å². The van der Waals surface area contributed by atoms with Crippen molar-refractivity contribution in [3.8, 4) is 5.82 Å². The van der Waals surface area contributed by atoms with Crippen molar-refractivity contribution in [2.45, 2.75) is 13.5 Å². The van der Waals surface area contributed by atoms with Crippen LogP contribution in [-0.4, -0.2) is 30.6 Å². The van der Waals surface area contributed by atoms with E-state index in [1.807, 2.05) is 25.1 Å². The predicted molar refractivity (Wildman–Crippen MR) is 79.3 cm³/mol. The lowest BCUT2D eigenvalue weighted by molar-refractivity contribution is 0.0944. The molecule has 0 radical (unpaired) electrons. The summed E-state index contributed by atoms with van der Waals surface area (Å²) in [6.45, 7) is 2.22. The molecule has 0 saturated carbocycles. The number of nitrogens with zero attached hydrogens (tertiary/aromatic N) is 5. The Balaban J connectivity index is 1.67. The van der Waals surface area contributed by atoms with Gasteiger partial charge in [0.25, 0.3) is 5.91 Å². The second-order valence-corrected chi connectivity index (χ2v) is 4.62. The van der Waals surface area contributed by atoms with Gasteiger partial charge in [0.05, 0.1) is 12.2 Å². The summed E-state index contributed by atoms with van der Waals surface area (Å²) >= 11 is 0. The average Bonchev–Trinajstić information content (AvgIpc) is 3.00. The van der Waals surface area contributed by atoms with E-state index < -0.39 is 0 Å². The fraction of sp³-hybridized carbons (Fsp3) is 0.133. The molecule has 0 bridgehead atoms. The molecule has 1 N–H and O–H groups in total. The van der Waals surface area contributed by atoms with Crippen LogP contribution < -0.4 is 5.32 Å². The third kappa shape index (κ3) is 2.98. The molecule has 1 amide bonds. The third-order valence-electron chi connectivity index (χ3n) is 3.11. The fourth-order valence-corrected chi connectivity index (χ4v) is 1.96. The van der Waals surface area contributed by atoms with Gasteiger partial charge in [-0.3, -0.25) is 14.3 Å². The van der Waals surface area contributed by atoms with E-state index in [0.29, 0.717) is 12.4 Å². The highest BCUT2D eigenvalue weighted by atomic mass is 16.1. The summed E-state index contributed by atoms with van der Waals surface area (Å²) in [5.74, 6) is 1.14. The summed E-state index contributed by atoms with van der Waals surface area (Å²) < 4.78 is 1.79. The number of imidazole rings is 1. The molecule has 110 valence electrons. The van der Waals surface area contributed by atoms with E-state index in [1.165, 1.54) is 0 Å². The molecule has 0 fully saturated rings. The number of aryl methyl sites for hydroxylation is 1. The summed E-state index contributed by atoms with van der Waals surface area (Å²) in [6, 6.07) is 8.91. The second-order valence-electron chi connectivity index (χ2n) is 4.62. The number of amides is 1. The van der Waals surface area contributed by atoms with Crippen LogP contribution in [0.4, 0.5) is 0 Å². The molecular weight excluding hydrogens is 280 g/mol. The van der Waals surface area contributed by atoms with Gasteiger partial charge in [0.1, 0.15) is 5.82 Å². The summed E-state index contributed by atoms with van der Waals surface area (Å²) in [6.07, 6.45) is 5.16. The minimum absolute atomic E-state index is 0.262. The number of hydrogen-bond donors (Lipinski definition) is 1.